The maximum atomic E-state index is 4.96. The summed E-state index contributed by atoms with van der Waals surface area (Å²) in [5.74, 6) is 1.56. The first kappa shape index (κ1) is 16.5. The SMILES string of the molecule is CCc1ccc(SNc2cc(C)on2)cc1.O.O.[HH]. The molecule has 0 atom stereocenters. The van der Waals surface area contributed by atoms with E-state index in [2.05, 4.69) is 41.1 Å². The Hall–Kier alpha value is -1.50. The first-order chi connectivity index (χ1) is 7.78. The van der Waals surface area contributed by atoms with Crippen LogP contribution in [0.5, 0.6) is 0 Å². The molecule has 18 heavy (non-hydrogen) atoms. The van der Waals surface area contributed by atoms with Crippen molar-refractivity contribution >= 4 is 17.8 Å². The standard InChI is InChI=1S/C12H14N2OS.2H2O.H2/c1-3-10-4-6-11(7-5-10)16-14-12-8-9(2)15-13-12;;;/h4-8H,3H2,1-2H3,(H,13,14);2*1H2;1H. The van der Waals surface area contributed by atoms with Crippen LogP contribution in [0.15, 0.2) is 39.8 Å². The Bertz CT molecular complexity index is 462. The number of nitrogens with zero attached hydrogens (tertiary/aromatic N) is 1. The maximum Gasteiger partial charge on any atom is 0.179 e. The highest BCUT2D eigenvalue weighted by Gasteiger charge is 2.00. The van der Waals surface area contributed by atoms with Gasteiger partial charge in [0.25, 0.3) is 0 Å². The van der Waals surface area contributed by atoms with Gasteiger partial charge in [-0.05, 0) is 43.0 Å². The number of hydrogen-bond donors (Lipinski definition) is 1. The highest BCUT2D eigenvalue weighted by molar-refractivity contribution is 8.00. The normalized spacial score (nSPS) is 9.22. The van der Waals surface area contributed by atoms with E-state index in [1.807, 2.05) is 13.0 Å². The molecule has 1 heterocycles. The van der Waals surface area contributed by atoms with Gasteiger partial charge in [-0.2, -0.15) is 0 Å². The monoisotopic (exact) mass is 272 g/mol. The average Bonchev–Trinajstić information content (AvgIpc) is 2.73. The molecule has 0 fully saturated rings. The number of aromatic nitrogens is 1. The van der Waals surface area contributed by atoms with Gasteiger partial charge >= 0.3 is 0 Å². The van der Waals surface area contributed by atoms with E-state index in [4.69, 9.17) is 4.52 Å². The van der Waals surface area contributed by atoms with Crippen molar-refractivity contribution in [3.63, 3.8) is 0 Å². The fraction of sp³-hybridized carbons (Fsp3) is 0.250. The molecule has 0 unspecified atom stereocenters. The minimum Gasteiger partial charge on any atom is -0.412 e. The van der Waals surface area contributed by atoms with Gasteiger partial charge in [-0.25, -0.2) is 0 Å². The molecular weight excluding hydrogens is 252 g/mol. The molecule has 0 spiro atoms. The second kappa shape index (κ2) is 7.75. The van der Waals surface area contributed by atoms with Crippen molar-refractivity contribution in [3.05, 3.63) is 41.7 Å². The zero-order chi connectivity index (χ0) is 11.4. The molecule has 0 amide bonds. The molecule has 102 valence electrons. The van der Waals surface area contributed by atoms with Crippen molar-refractivity contribution < 1.29 is 16.9 Å². The summed E-state index contributed by atoms with van der Waals surface area (Å²) < 4.78 is 8.09. The van der Waals surface area contributed by atoms with Gasteiger partial charge < -0.3 is 20.2 Å². The van der Waals surface area contributed by atoms with Gasteiger partial charge in [0.2, 0.25) is 0 Å². The fourth-order valence-corrected chi connectivity index (χ4v) is 1.91. The Labute approximate surface area is 112 Å². The van der Waals surface area contributed by atoms with Gasteiger partial charge in [-0.1, -0.05) is 24.2 Å². The molecule has 0 aliphatic carbocycles. The van der Waals surface area contributed by atoms with Crippen LogP contribution in [0, 0.1) is 6.92 Å². The predicted octanol–water partition coefficient (Wildman–Crippen LogP) is 2.26. The average molecular weight is 272 g/mol. The van der Waals surface area contributed by atoms with E-state index < -0.39 is 0 Å². The molecule has 1 aromatic carbocycles. The summed E-state index contributed by atoms with van der Waals surface area (Å²) in [6.07, 6.45) is 1.07. The first-order valence-corrected chi connectivity index (χ1v) is 6.04. The van der Waals surface area contributed by atoms with Gasteiger partial charge in [-0.3, -0.25) is 0 Å². The second-order valence-corrected chi connectivity index (χ2v) is 4.40. The largest absolute Gasteiger partial charge is 0.412 e. The summed E-state index contributed by atoms with van der Waals surface area (Å²) in [5, 5.41) is 3.86. The molecule has 0 aliphatic rings. The topological polar surface area (TPSA) is 101 Å². The lowest BCUT2D eigenvalue weighted by Crippen LogP contribution is -1.86. The Morgan fingerprint density at radius 3 is 2.44 bits per heavy atom. The summed E-state index contributed by atoms with van der Waals surface area (Å²) in [6.45, 7) is 4.03. The molecule has 0 saturated carbocycles. The minimum atomic E-state index is 0. The quantitative estimate of drug-likeness (QED) is 0.862. The third-order valence-corrected chi connectivity index (χ3v) is 3.05. The van der Waals surface area contributed by atoms with E-state index in [0.717, 1.165) is 22.9 Å². The van der Waals surface area contributed by atoms with E-state index >= 15 is 0 Å². The molecular formula is C12H20N2O3S. The maximum absolute atomic E-state index is 4.96. The van der Waals surface area contributed by atoms with Gasteiger partial charge in [0, 0.05) is 12.4 Å². The third kappa shape index (κ3) is 4.40. The van der Waals surface area contributed by atoms with Crippen LogP contribution in [-0.2, 0) is 6.42 Å². The molecule has 0 radical (unpaired) electrons. The molecule has 2 rings (SSSR count). The lowest BCUT2D eigenvalue weighted by Gasteiger charge is -2.02. The van der Waals surface area contributed by atoms with Crippen LogP contribution in [0.4, 0.5) is 5.82 Å². The van der Waals surface area contributed by atoms with E-state index in [9.17, 15) is 0 Å². The molecule has 5 nitrogen and oxygen atoms in total. The van der Waals surface area contributed by atoms with Gasteiger partial charge in [0.1, 0.15) is 5.76 Å². The first-order valence-electron chi connectivity index (χ1n) is 5.23. The zero-order valence-electron chi connectivity index (χ0n) is 10.4. The molecule has 0 saturated heterocycles. The van der Waals surface area contributed by atoms with Crippen LogP contribution in [0.1, 0.15) is 19.7 Å². The summed E-state index contributed by atoms with van der Waals surface area (Å²) >= 11 is 1.53. The summed E-state index contributed by atoms with van der Waals surface area (Å²) in [6, 6.07) is 10.3. The van der Waals surface area contributed by atoms with Crippen molar-refractivity contribution in [2.75, 3.05) is 4.72 Å². The Morgan fingerprint density at radius 1 is 1.28 bits per heavy atom. The smallest absolute Gasteiger partial charge is 0.179 e. The number of nitrogens with one attached hydrogen (secondary N) is 1. The third-order valence-electron chi connectivity index (χ3n) is 2.23. The van der Waals surface area contributed by atoms with Crippen molar-refractivity contribution in [2.45, 2.75) is 25.2 Å². The van der Waals surface area contributed by atoms with E-state index in [1.165, 1.54) is 17.5 Å². The highest BCUT2D eigenvalue weighted by Crippen LogP contribution is 2.21. The lowest BCUT2D eigenvalue weighted by molar-refractivity contribution is 0.400. The van der Waals surface area contributed by atoms with Gasteiger partial charge in [0.05, 0.1) is 0 Å². The molecule has 5 N–H and O–H groups in total. The van der Waals surface area contributed by atoms with Crippen LogP contribution in [0.25, 0.3) is 0 Å². The number of anilines is 1. The number of benzene rings is 1. The van der Waals surface area contributed by atoms with E-state index in [0.29, 0.717) is 0 Å². The van der Waals surface area contributed by atoms with Crippen LogP contribution in [0.3, 0.4) is 0 Å². The van der Waals surface area contributed by atoms with Gasteiger partial charge in [-0.15, -0.1) is 0 Å². The van der Waals surface area contributed by atoms with Crippen LogP contribution in [-0.4, -0.2) is 16.1 Å². The van der Waals surface area contributed by atoms with Crippen LogP contribution < -0.4 is 4.72 Å². The van der Waals surface area contributed by atoms with Crippen molar-refractivity contribution in [3.8, 4) is 0 Å². The van der Waals surface area contributed by atoms with Gasteiger partial charge in [0.15, 0.2) is 5.82 Å². The number of rotatable bonds is 4. The molecule has 0 bridgehead atoms. The second-order valence-electron chi connectivity index (χ2n) is 3.52. The van der Waals surface area contributed by atoms with Crippen LogP contribution >= 0.6 is 11.9 Å². The van der Waals surface area contributed by atoms with Crippen molar-refractivity contribution in [1.29, 1.82) is 0 Å². The minimum absolute atomic E-state index is 0. The van der Waals surface area contributed by atoms with Crippen molar-refractivity contribution in [2.24, 2.45) is 0 Å². The van der Waals surface area contributed by atoms with E-state index in [-0.39, 0.29) is 12.4 Å². The summed E-state index contributed by atoms with van der Waals surface area (Å²) in [7, 11) is 0. The number of hydrogen-bond acceptors (Lipinski definition) is 4. The van der Waals surface area contributed by atoms with Crippen LogP contribution in [0.2, 0.25) is 0 Å². The van der Waals surface area contributed by atoms with Crippen molar-refractivity contribution in [1.82, 2.24) is 5.16 Å². The summed E-state index contributed by atoms with van der Waals surface area (Å²) in [5.41, 5.74) is 1.35. The Kier molecular flexibility index (Phi) is 7.11. The molecule has 6 heteroatoms. The molecule has 2 aromatic rings. The molecule has 1 aromatic heterocycles. The highest BCUT2D eigenvalue weighted by atomic mass is 32.2. The zero-order valence-corrected chi connectivity index (χ0v) is 11.2. The molecule has 0 aliphatic heterocycles. The Morgan fingerprint density at radius 2 is 1.94 bits per heavy atom. The lowest BCUT2D eigenvalue weighted by atomic mass is 10.2. The number of aryl methyl sites for hydroxylation is 2. The predicted molar refractivity (Wildman–Crippen MR) is 75.9 cm³/mol. The fourth-order valence-electron chi connectivity index (χ4n) is 1.32. The Balaban J connectivity index is 0. The summed E-state index contributed by atoms with van der Waals surface area (Å²) in [4.78, 5) is 1.16. The van der Waals surface area contributed by atoms with E-state index in [1.54, 1.807) is 0 Å².